The van der Waals surface area contributed by atoms with E-state index in [4.69, 9.17) is 4.74 Å². The van der Waals surface area contributed by atoms with E-state index in [2.05, 4.69) is 4.72 Å². The summed E-state index contributed by atoms with van der Waals surface area (Å²) in [4.78, 5) is 0. The number of ether oxygens (including phenoxy) is 1. The molecule has 1 aliphatic rings. The zero-order valence-electron chi connectivity index (χ0n) is 12.7. The molecule has 1 heterocycles. The number of alkyl halides is 2. The van der Waals surface area contributed by atoms with Gasteiger partial charge in [-0.25, -0.2) is 8.78 Å². The third kappa shape index (κ3) is 3.49. The monoisotopic (exact) mass is 317 g/mol. The number of benzene rings is 1. The molecule has 0 bridgehead atoms. The highest BCUT2D eigenvalue weighted by atomic mass is 32.2. The van der Waals surface area contributed by atoms with Gasteiger partial charge in [-0.1, -0.05) is 12.1 Å². The standard InChI is InChI=1S/C15H21F2NO2S/c1-10(18-21(19)14(2,3)4)11-6-5-7-12-13(11)20-9-8-15(12,16)17/h5-7,10,18H,8-9H2,1-4H3. The number of rotatable bonds is 3. The van der Waals surface area contributed by atoms with Gasteiger partial charge in [-0.2, -0.15) is 0 Å². The van der Waals surface area contributed by atoms with Crippen LogP contribution in [0.25, 0.3) is 0 Å². The van der Waals surface area contributed by atoms with E-state index >= 15 is 0 Å². The van der Waals surface area contributed by atoms with Gasteiger partial charge in [0.25, 0.3) is 5.92 Å². The lowest BCUT2D eigenvalue weighted by Gasteiger charge is -2.30. The van der Waals surface area contributed by atoms with Crippen LogP contribution < -0.4 is 9.46 Å². The lowest BCUT2D eigenvalue weighted by Crippen LogP contribution is -2.40. The van der Waals surface area contributed by atoms with Gasteiger partial charge in [0.1, 0.15) is 10.5 Å². The van der Waals surface area contributed by atoms with Gasteiger partial charge in [0.15, 0.2) is 0 Å². The summed E-state index contributed by atoms with van der Waals surface area (Å²) in [5.74, 6) is -2.65. The highest BCUT2D eigenvalue weighted by Gasteiger charge is 2.40. The molecular formula is C15H21F2NO2S. The second kappa shape index (κ2) is 5.74. The SMILES string of the molecule is CC(N[S+]([O-])C(C)(C)C)c1cccc2c1OCCC2(F)F. The molecule has 1 aromatic rings. The summed E-state index contributed by atoms with van der Waals surface area (Å²) >= 11 is -1.28. The second-order valence-electron chi connectivity index (χ2n) is 6.25. The van der Waals surface area contributed by atoms with Gasteiger partial charge in [0.05, 0.1) is 24.6 Å². The molecule has 118 valence electrons. The van der Waals surface area contributed by atoms with Crippen LogP contribution in [0.5, 0.6) is 5.75 Å². The third-order valence-electron chi connectivity index (χ3n) is 3.41. The molecule has 0 saturated carbocycles. The molecule has 6 heteroatoms. The topological polar surface area (TPSA) is 44.3 Å². The number of hydrogen-bond acceptors (Lipinski definition) is 3. The molecule has 2 atom stereocenters. The summed E-state index contributed by atoms with van der Waals surface area (Å²) in [7, 11) is 0. The molecule has 0 radical (unpaired) electrons. The number of para-hydroxylation sites is 1. The molecule has 0 spiro atoms. The lowest BCUT2D eigenvalue weighted by atomic mass is 9.96. The van der Waals surface area contributed by atoms with Crippen molar-refractivity contribution >= 4 is 11.4 Å². The molecule has 1 N–H and O–H groups in total. The van der Waals surface area contributed by atoms with Crippen molar-refractivity contribution in [3.63, 3.8) is 0 Å². The molecule has 1 aromatic carbocycles. The number of hydrogen-bond donors (Lipinski definition) is 1. The van der Waals surface area contributed by atoms with E-state index < -0.39 is 22.0 Å². The van der Waals surface area contributed by atoms with Crippen LogP contribution in [0.3, 0.4) is 0 Å². The Labute approximate surface area is 127 Å². The van der Waals surface area contributed by atoms with Gasteiger partial charge in [-0.3, -0.25) is 0 Å². The van der Waals surface area contributed by atoms with Gasteiger partial charge in [0.2, 0.25) is 0 Å². The minimum Gasteiger partial charge on any atom is -0.598 e. The molecule has 0 aliphatic carbocycles. The molecule has 0 amide bonds. The van der Waals surface area contributed by atoms with Crippen molar-refractivity contribution in [2.45, 2.75) is 50.8 Å². The molecule has 2 rings (SSSR count). The fourth-order valence-electron chi connectivity index (χ4n) is 2.16. The molecule has 0 fully saturated rings. The van der Waals surface area contributed by atoms with Crippen LogP contribution in [0.1, 0.15) is 51.3 Å². The first-order valence-corrected chi connectivity index (χ1v) is 8.10. The van der Waals surface area contributed by atoms with Crippen LogP contribution >= 0.6 is 0 Å². The molecule has 0 aromatic heterocycles. The summed E-state index contributed by atoms with van der Waals surface area (Å²) < 4.78 is 48.0. The highest BCUT2D eigenvalue weighted by Crippen LogP contribution is 2.44. The molecule has 21 heavy (non-hydrogen) atoms. The molecule has 2 unspecified atom stereocenters. The van der Waals surface area contributed by atoms with Crippen molar-refractivity contribution < 1.29 is 18.1 Å². The minimum absolute atomic E-state index is 0.00784. The van der Waals surface area contributed by atoms with Crippen molar-refractivity contribution in [3.8, 4) is 5.75 Å². The molecule has 0 saturated heterocycles. The molecular weight excluding hydrogens is 296 g/mol. The second-order valence-corrected chi connectivity index (χ2v) is 8.25. The summed E-state index contributed by atoms with van der Waals surface area (Å²) in [5, 5.41) is 0. The van der Waals surface area contributed by atoms with Crippen LogP contribution in [-0.4, -0.2) is 15.9 Å². The first-order chi connectivity index (χ1) is 9.63. The van der Waals surface area contributed by atoms with Crippen molar-refractivity contribution in [1.82, 2.24) is 4.72 Å². The van der Waals surface area contributed by atoms with Gasteiger partial charge in [0, 0.05) is 16.9 Å². The van der Waals surface area contributed by atoms with E-state index in [1.807, 2.05) is 20.8 Å². The van der Waals surface area contributed by atoms with Crippen molar-refractivity contribution in [3.05, 3.63) is 29.3 Å². The van der Waals surface area contributed by atoms with Crippen LogP contribution in [-0.2, 0) is 17.3 Å². The van der Waals surface area contributed by atoms with Crippen molar-refractivity contribution in [1.29, 1.82) is 0 Å². The Kier molecular flexibility index (Phi) is 4.52. The van der Waals surface area contributed by atoms with E-state index in [9.17, 15) is 13.3 Å². The maximum Gasteiger partial charge on any atom is 0.280 e. The van der Waals surface area contributed by atoms with E-state index in [1.54, 1.807) is 19.1 Å². The van der Waals surface area contributed by atoms with Crippen LogP contribution in [0.2, 0.25) is 0 Å². The lowest BCUT2D eigenvalue weighted by molar-refractivity contribution is -0.0408. The normalized spacial score (nSPS) is 20.3. The molecule has 1 aliphatic heterocycles. The number of halogens is 2. The average molecular weight is 317 g/mol. The Morgan fingerprint density at radius 2 is 2.05 bits per heavy atom. The first-order valence-electron chi connectivity index (χ1n) is 6.95. The number of nitrogens with one attached hydrogen (secondary N) is 1. The Hall–Kier alpha value is -0.850. The Bertz CT molecular complexity index is 517. The summed E-state index contributed by atoms with van der Waals surface area (Å²) in [6.45, 7) is 7.36. The van der Waals surface area contributed by atoms with Crippen LogP contribution in [0.15, 0.2) is 18.2 Å². The summed E-state index contributed by atoms with van der Waals surface area (Å²) in [6.07, 6.45) is -0.306. The zero-order chi connectivity index (χ0) is 15.8. The first kappa shape index (κ1) is 16.5. The highest BCUT2D eigenvalue weighted by molar-refractivity contribution is 7.90. The maximum atomic E-state index is 13.9. The predicted molar refractivity (Wildman–Crippen MR) is 79.9 cm³/mol. The van der Waals surface area contributed by atoms with Crippen molar-refractivity contribution in [2.24, 2.45) is 0 Å². The van der Waals surface area contributed by atoms with Crippen LogP contribution in [0, 0.1) is 0 Å². The minimum atomic E-state index is -2.87. The number of fused-ring (bicyclic) bond motifs is 1. The van der Waals surface area contributed by atoms with Gasteiger partial charge in [-0.15, -0.1) is 4.72 Å². The zero-order valence-corrected chi connectivity index (χ0v) is 13.5. The van der Waals surface area contributed by atoms with Gasteiger partial charge in [-0.05, 0) is 33.8 Å². The fraction of sp³-hybridized carbons (Fsp3) is 0.600. The summed E-state index contributed by atoms with van der Waals surface area (Å²) in [6, 6.07) is 4.38. The van der Waals surface area contributed by atoms with Crippen LogP contribution in [0.4, 0.5) is 8.78 Å². The fourth-order valence-corrected chi connectivity index (χ4v) is 2.96. The van der Waals surface area contributed by atoms with Gasteiger partial charge < -0.3 is 9.29 Å². The Morgan fingerprint density at radius 1 is 1.38 bits per heavy atom. The Balaban J connectivity index is 2.29. The summed E-state index contributed by atoms with van der Waals surface area (Å²) in [5.41, 5.74) is 0.533. The van der Waals surface area contributed by atoms with E-state index in [1.165, 1.54) is 6.07 Å². The smallest absolute Gasteiger partial charge is 0.280 e. The van der Waals surface area contributed by atoms with E-state index in [0.29, 0.717) is 5.56 Å². The maximum absolute atomic E-state index is 13.9. The largest absolute Gasteiger partial charge is 0.598 e. The van der Waals surface area contributed by atoms with Gasteiger partial charge >= 0.3 is 0 Å². The molecule has 3 nitrogen and oxygen atoms in total. The van der Waals surface area contributed by atoms with E-state index in [-0.39, 0.29) is 30.4 Å². The Morgan fingerprint density at radius 3 is 2.67 bits per heavy atom. The average Bonchev–Trinajstić information content (AvgIpc) is 2.36. The quantitative estimate of drug-likeness (QED) is 0.865. The predicted octanol–water partition coefficient (Wildman–Crippen LogP) is 3.67. The third-order valence-corrected chi connectivity index (χ3v) is 5.09. The van der Waals surface area contributed by atoms with E-state index in [0.717, 1.165) is 0 Å². The van der Waals surface area contributed by atoms with Crippen molar-refractivity contribution in [2.75, 3.05) is 6.61 Å².